The molecular formula is C5H5ClF2O3. The number of Topliss-reactive ketones (excluding diaryl/α,β-unsaturated/α-hetero) is 1. The molecule has 0 saturated heterocycles. The van der Waals surface area contributed by atoms with Crippen LogP contribution in [0.15, 0.2) is 0 Å². The van der Waals surface area contributed by atoms with Gasteiger partial charge in [0.05, 0.1) is 13.0 Å². The molecule has 0 radical (unpaired) electrons. The quantitative estimate of drug-likeness (QED) is 0.368. The number of ketones is 1. The van der Waals surface area contributed by atoms with E-state index in [1.807, 2.05) is 0 Å². The third kappa shape index (κ3) is 2.11. The molecule has 0 spiro atoms. The molecule has 0 fully saturated rings. The highest BCUT2D eigenvalue weighted by Crippen LogP contribution is 2.16. The molecule has 64 valence electrons. The number of carbonyl (C=O) groups excluding carboxylic acids is 2. The van der Waals surface area contributed by atoms with E-state index in [1.165, 1.54) is 0 Å². The third-order valence-electron chi connectivity index (χ3n) is 0.913. The lowest BCUT2D eigenvalue weighted by Gasteiger charge is -2.09. The summed E-state index contributed by atoms with van der Waals surface area (Å²) >= 11 is 4.80. The Labute approximate surface area is 66.3 Å². The van der Waals surface area contributed by atoms with E-state index in [1.54, 1.807) is 0 Å². The van der Waals surface area contributed by atoms with Crippen molar-refractivity contribution in [2.45, 2.75) is 5.92 Å². The molecule has 0 aromatic rings. The van der Waals surface area contributed by atoms with E-state index in [0.717, 1.165) is 7.11 Å². The molecule has 0 aromatic carbocycles. The molecular weight excluding hydrogens is 182 g/mol. The number of ether oxygens (including phenoxy) is 1. The third-order valence-corrected chi connectivity index (χ3v) is 1.16. The largest absolute Gasteiger partial charge is 0.464 e. The minimum absolute atomic E-state index is 0.762. The Morgan fingerprint density at radius 2 is 2.00 bits per heavy atom. The predicted octanol–water partition coefficient (Wildman–Crippen LogP) is 0.603. The van der Waals surface area contributed by atoms with Gasteiger partial charge in [0.2, 0.25) is 5.78 Å². The zero-order chi connectivity index (χ0) is 9.07. The molecule has 0 saturated carbocycles. The van der Waals surface area contributed by atoms with E-state index < -0.39 is 23.6 Å². The van der Waals surface area contributed by atoms with Crippen molar-refractivity contribution in [1.82, 2.24) is 0 Å². The lowest BCUT2D eigenvalue weighted by molar-refractivity contribution is -0.173. The van der Waals surface area contributed by atoms with Crippen LogP contribution in [0.4, 0.5) is 8.78 Å². The summed E-state index contributed by atoms with van der Waals surface area (Å²) in [6, 6.07) is 0. The van der Waals surface area contributed by atoms with Crippen molar-refractivity contribution in [3.05, 3.63) is 0 Å². The molecule has 0 bridgehead atoms. The SMILES string of the molecule is COC(=O)C(F)(F)C(=O)CCl. The molecule has 11 heavy (non-hydrogen) atoms. The van der Waals surface area contributed by atoms with Crippen LogP contribution in [0.2, 0.25) is 0 Å². The highest BCUT2D eigenvalue weighted by Gasteiger charge is 2.47. The number of hydrogen-bond acceptors (Lipinski definition) is 3. The van der Waals surface area contributed by atoms with Gasteiger partial charge in [-0.15, -0.1) is 11.6 Å². The zero-order valence-corrected chi connectivity index (χ0v) is 6.32. The van der Waals surface area contributed by atoms with Gasteiger partial charge in [-0.1, -0.05) is 0 Å². The predicted molar refractivity (Wildman–Crippen MR) is 32.7 cm³/mol. The summed E-state index contributed by atoms with van der Waals surface area (Å²) in [5, 5.41) is 0. The topological polar surface area (TPSA) is 43.4 Å². The van der Waals surface area contributed by atoms with Crippen molar-refractivity contribution in [3.63, 3.8) is 0 Å². The number of hydrogen-bond donors (Lipinski definition) is 0. The molecule has 0 aliphatic heterocycles. The van der Waals surface area contributed by atoms with Crippen LogP contribution in [0, 0.1) is 0 Å². The molecule has 0 aliphatic carbocycles. The van der Waals surface area contributed by atoms with Gasteiger partial charge in [-0.3, -0.25) is 4.79 Å². The molecule has 0 rings (SSSR count). The Hall–Kier alpha value is -0.710. The minimum Gasteiger partial charge on any atom is -0.464 e. The Balaban J connectivity index is 4.44. The van der Waals surface area contributed by atoms with Gasteiger partial charge in [0.1, 0.15) is 0 Å². The first kappa shape index (κ1) is 10.3. The van der Waals surface area contributed by atoms with Crippen molar-refractivity contribution >= 4 is 23.4 Å². The Kier molecular flexibility index (Phi) is 3.38. The maximum absolute atomic E-state index is 12.3. The molecule has 3 nitrogen and oxygen atoms in total. The lowest BCUT2D eigenvalue weighted by atomic mass is 10.2. The van der Waals surface area contributed by atoms with Gasteiger partial charge in [0.15, 0.2) is 0 Å². The molecule has 0 aromatic heterocycles. The van der Waals surface area contributed by atoms with Gasteiger partial charge in [-0.05, 0) is 0 Å². The Morgan fingerprint density at radius 1 is 1.55 bits per heavy atom. The van der Waals surface area contributed by atoms with Crippen LogP contribution in [-0.4, -0.2) is 30.7 Å². The van der Waals surface area contributed by atoms with Crippen molar-refractivity contribution in [1.29, 1.82) is 0 Å². The number of halogens is 3. The average molecular weight is 187 g/mol. The Morgan fingerprint density at radius 3 is 2.27 bits per heavy atom. The van der Waals surface area contributed by atoms with Gasteiger partial charge in [0, 0.05) is 0 Å². The second-order valence-electron chi connectivity index (χ2n) is 1.62. The number of carbonyl (C=O) groups is 2. The molecule has 6 heteroatoms. The number of rotatable bonds is 3. The second kappa shape index (κ2) is 3.61. The first-order valence-corrected chi connectivity index (χ1v) is 3.05. The van der Waals surface area contributed by atoms with Crippen LogP contribution in [-0.2, 0) is 14.3 Å². The van der Waals surface area contributed by atoms with Gasteiger partial charge in [-0.25, -0.2) is 4.79 Å². The minimum atomic E-state index is -4.11. The highest BCUT2D eigenvalue weighted by atomic mass is 35.5. The fraction of sp³-hybridized carbons (Fsp3) is 0.600. The van der Waals surface area contributed by atoms with Gasteiger partial charge < -0.3 is 4.74 Å². The maximum Gasteiger partial charge on any atom is 0.401 e. The first-order valence-electron chi connectivity index (χ1n) is 2.52. The fourth-order valence-electron chi connectivity index (χ4n) is 0.326. The highest BCUT2D eigenvalue weighted by molar-refractivity contribution is 6.30. The standard InChI is InChI=1S/C5H5ClF2O3/c1-11-4(10)5(7,8)3(9)2-6/h2H2,1H3. The monoisotopic (exact) mass is 186 g/mol. The molecule has 0 atom stereocenters. The molecule has 0 heterocycles. The van der Waals surface area contributed by atoms with E-state index in [2.05, 4.69) is 4.74 Å². The summed E-state index contributed by atoms with van der Waals surface area (Å²) in [7, 11) is 0.762. The molecule has 0 N–H and O–H groups in total. The average Bonchev–Trinajstić information content (AvgIpc) is 2.01. The van der Waals surface area contributed by atoms with E-state index in [4.69, 9.17) is 11.6 Å². The number of methoxy groups -OCH3 is 1. The van der Waals surface area contributed by atoms with E-state index in [-0.39, 0.29) is 0 Å². The van der Waals surface area contributed by atoms with Crippen molar-refractivity contribution in [2.75, 3.05) is 13.0 Å². The van der Waals surface area contributed by atoms with E-state index in [9.17, 15) is 18.4 Å². The smallest absolute Gasteiger partial charge is 0.401 e. The normalized spacial score (nSPS) is 10.9. The van der Waals surface area contributed by atoms with E-state index >= 15 is 0 Å². The zero-order valence-electron chi connectivity index (χ0n) is 5.57. The molecule has 0 amide bonds. The molecule has 0 unspecified atom stereocenters. The van der Waals surface area contributed by atoms with Crippen LogP contribution in [0.25, 0.3) is 0 Å². The summed E-state index contributed by atoms with van der Waals surface area (Å²) in [4.78, 5) is 20.4. The molecule has 0 aliphatic rings. The van der Waals surface area contributed by atoms with Gasteiger partial charge in [0.25, 0.3) is 0 Å². The fourth-order valence-corrected chi connectivity index (χ4v) is 0.494. The summed E-state index contributed by atoms with van der Waals surface area (Å²) in [6.07, 6.45) is 0. The summed E-state index contributed by atoms with van der Waals surface area (Å²) in [6.45, 7) is 0. The van der Waals surface area contributed by atoms with Crippen LogP contribution < -0.4 is 0 Å². The van der Waals surface area contributed by atoms with Crippen LogP contribution >= 0.6 is 11.6 Å². The van der Waals surface area contributed by atoms with Gasteiger partial charge >= 0.3 is 11.9 Å². The second-order valence-corrected chi connectivity index (χ2v) is 1.89. The van der Waals surface area contributed by atoms with E-state index in [0.29, 0.717) is 0 Å². The van der Waals surface area contributed by atoms with Crippen molar-refractivity contribution in [3.8, 4) is 0 Å². The lowest BCUT2D eigenvalue weighted by Crippen LogP contribution is -2.39. The summed E-state index contributed by atoms with van der Waals surface area (Å²) in [5.74, 6) is -8.58. The maximum atomic E-state index is 12.3. The summed E-state index contributed by atoms with van der Waals surface area (Å²) < 4.78 is 28.3. The van der Waals surface area contributed by atoms with Gasteiger partial charge in [-0.2, -0.15) is 8.78 Å². The number of alkyl halides is 3. The first-order chi connectivity index (χ1) is 4.96. The van der Waals surface area contributed by atoms with Crippen LogP contribution in [0.5, 0.6) is 0 Å². The van der Waals surface area contributed by atoms with Crippen LogP contribution in [0.1, 0.15) is 0 Å². The van der Waals surface area contributed by atoms with Crippen molar-refractivity contribution < 1.29 is 23.1 Å². The van der Waals surface area contributed by atoms with Crippen LogP contribution in [0.3, 0.4) is 0 Å². The van der Waals surface area contributed by atoms with Crippen molar-refractivity contribution in [2.24, 2.45) is 0 Å². The number of esters is 1. The summed E-state index contributed by atoms with van der Waals surface area (Å²) in [5.41, 5.74) is 0. The Bertz CT molecular complexity index is 163.